The Morgan fingerprint density at radius 1 is 1.13 bits per heavy atom. The summed E-state index contributed by atoms with van der Waals surface area (Å²) in [6.07, 6.45) is 8.71. The number of rotatable bonds is 6. The van der Waals surface area contributed by atoms with Gasteiger partial charge in [0.25, 0.3) is 0 Å². The van der Waals surface area contributed by atoms with Crippen molar-refractivity contribution in [2.45, 2.75) is 57.9 Å². The van der Waals surface area contributed by atoms with Gasteiger partial charge in [-0.15, -0.1) is 0 Å². The summed E-state index contributed by atoms with van der Waals surface area (Å²) < 4.78 is 0. The molecular formula is C13H28N2. The molecule has 1 saturated carbocycles. The quantitative estimate of drug-likeness (QED) is 0.661. The molecule has 0 aromatic rings. The molecule has 1 aliphatic carbocycles. The smallest absolute Gasteiger partial charge is 0.0246 e. The van der Waals surface area contributed by atoms with Crippen molar-refractivity contribution < 1.29 is 0 Å². The Morgan fingerprint density at radius 3 is 2.40 bits per heavy atom. The molecule has 0 saturated heterocycles. The molecule has 0 amide bonds. The first-order chi connectivity index (χ1) is 7.14. The van der Waals surface area contributed by atoms with E-state index < -0.39 is 0 Å². The molecule has 90 valence electrons. The highest BCUT2D eigenvalue weighted by atomic mass is 15.0. The molecule has 0 spiro atoms. The van der Waals surface area contributed by atoms with E-state index in [1.807, 2.05) is 7.05 Å². The molecule has 1 aliphatic rings. The summed E-state index contributed by atoms with van der Waals surface area (Å²) in [5.41, 5.74) is 0.229. The van der Waals surface area contributed by atoms with Crippen LogP contribution in [0.15, 0.2) is 0 Å². The summed E-state index contributed by atoms with van der Waals surface area (Å²) in [5.74, 6) is 1.00. The minimum Gasteiger partial charge on any atom is -0.315 e. The van der Waals surface area contributed by atoms with Crippen molar-refractivity contribution in [2.24, 2.45) is 5.92 Å². The summed E-state index contributed by atoms with van der Waals surface area (Å²) in [6, 6.07) is 0. The third kappa shape index (κ3) is 5.53. The van der Waals surface area contributed by atoms with Gasteiger partial charge in [0.15, 0.2) is 0 Å². The lowest BCUT2D eigenvalue weighted by Crippen LogP contribution is -2.46. The Labute approximate surface area is 95.2 Å². The largest absolute Gasteiger partial charge is 0.315 e. The average molecular weight is 212 g/mol. The second-order valence-corrected chi connectivity index (χ2v) is 5.60. The van der Waals surface area contributed by atoms with Crippen LogP contribution >= 0.6 is 0 Å². The van der Waals surface area contributed by atoms with Crippen molar-refractivity contribution in [1.82, 2.24) is 10.6 Å². The Bertz CT molecular complexity index is 160. The van der Waals surface area contributed by atoms with Crippen LogP contribution in [0.2, 0.25) is 0 Å². The van der Waals surface area contributed by atoms with Crippen molar-refractivity contribution in [1.29, 1.82) is 0 Å². The summed E-state index contributed by atoms with van der Waals surface area (Å²) in [4.78, 5) is 0. The minimum atomic E-state index is 0.229. The van der Waals surface area contributed by atoms with Crippen LogP contribution in [0, 0.1) is 5.92 Å². The third-order valence-corrected chi connectivity index (χ3v) is 3.70. The zero-order valence-corrected chi connectivity index (χ0v) is 10.7. The highest BCUT2D eigenvalue weighted by Gasteiger charge is 2.15. The maximum absolute atomic E-state index is 3.56. The van der Waals surface area contributed by atoms with E-state index in [-0.39, 0.29) is 5.54 Å². The summed E-state index contributed by atoms with van der Waals surface area (Å²) >= 11 is 0. The monoisotopic (exact) mass is 212 g/mol. The van der Waals surface area contributed by atoms with Gasteiger partial charge < -0.3 is 10.6 Å². The van der Waals surface area contributed by atoms with Gasteiger partial charge in [-0.1, -0.05) is 32.1 Å². The van der Waals surface area contributed by atoms with Gasteiger partial charge in [0.05, 0.1) is 0 Å². The van der Waals surface area contributed by atoms with Gasteiger partial charge in [-0.3, -0.25) is 0 Å². The molecule has 0 unspecified atom stereocenters. The van der Waals surface area contributed by atoms with Crippen molar-refractivity contribution in [3.05, 3.63) is 0 Å². The molecular weight excluding hydrogens is 184 g/mol. The number of hydrogen-bond donors (Lipinski definition) is 2. The van der Waals surface area contributed by atoms with Gasteiger partial charge in [0, 0.05) is 12.1 Å². The second kappa shape index (κ2) is 6.49. The first kappa shape index (κ1) is 13.0. The molecule has 1 fully saturated rings. The fraction of sp³-hybridized carbons (Fsp3) is 1.00. The van der Waals surface area contributed by atoms with Crippen molar-refractivity contribution in [2.75, 3.05) is 20.1 Å². The maximum atomic E-state index is 3.56. The van der Waals surface area contributed by atoms with Crippen LogP contribution < -0.4 is 10.6 Å². The van der Waals surface area contributed by atoms with Crippen molar-refractivity contribution in [3.8, 4) is 0 Å². The molecule has 2 N–H and O–H groups in total. The minimum absolute atomic E-state index is 0.229. The maximum Gasteiger partial charge on any atom is 0.0246 e. The highest BCUT2D eigenvalue weighted by molar-refractivity contribution is 4.78. The van der Waals surface area contributed by atoms with E-state index in [0.29, 0.717) is 0 Å². The number of hydrogen-bond acceptors (Lipinski definition) is 2. The van der Waals surface area contributed by atoms with E-state index in [1.54, 1.807) is 0 Å². The van der Waals surface area contributed by atoms with E-state index in [2.05, 4.69) is 24.5 Å². The average Bonchev–Trinajstić information content (AvgIpc) is 2.26. The van der Waals surface area contributed by atoms with Crippen LogP contribution in [0.5, 0.6) is 0 Å². The predicted octanol–water partition coefficient (Wildman–Crippen LogP) is 2.54. The SMILES string of the molecule is CNC(C)(C)CNCCC1CCCCC1. The fourth-order valence-electron chi connectivity index (χ4n) is 2.27. The van der Waals surface area contributed by atoms with E-state index in [0.717, 1.165) is 12.5 Å². The molecule has 2 heteroatoms. The Balaban J connectivity index is 2.00. The highest BCUT2D eigenvalue weighted by Crippen LogP contribution is 2.25. The molecule has 0 radical (unpaired) electrons. The fourth-order valence-corrected chi connectivity index (χ4v) is 2.27. The van der Waals surface area contributed by atoms with Gasteiger partial charge >= 0.3 is 0 Å². The van der Waals surface area contributed by atoms with E-state index in [4.69, 9.17) is 0 Å². The Hall–Kier alpha value is -0.0800. The lowest BCUT2D eigenvalue weighted by molar-refractivity contribution is 0.323. The van der Waals surface area contributed by atoms with Gasteiger partial charge in [0.2, 0.25) is 0 Å². The van der Waals surface area contributed by atoms with Gasteiger partial charge in [-0.05, 0) is 39.8 Å². The number of likely N-dealkylation sites (N-methyl/N-ethyl adjacent to an activating group) is 1. The summed E-state index contributed by atoms with van der Waals surface area (Å²) in [7, 11) is 2.03. The number of nitrogens with one attached hydrogen (secondary N) is 2. The van der Waals surface area contributed by atoms with Crippen molar-refractivity contribution in [3.63, 3.8) is 0 Å². The first-order valence-corrected chi connectivity index (χ1v) is 6.54. The van der Waals surface area contributed by atoms with Crippen LogP contribution in [-0.4, -0.2) is 25.7 Å². The van der Waals surface area contributed by atoms with Crippen LogP contribution in [-0.2, 0) is 0 Å². The third-order valence-electron chi connectivity index (χ3n) is 3.70. The Morgan fingerprint density at radius 2 is 1.80 bits per heavy atom. The van der Waals surface area contributed by atoms with Crippen LogP contribution in [0.25, 0.3) is 0 Å². The van der Waals surface area contributed by atoms with E-state index >= 15 is 0 Å². The molecule has 1 rings (SSSR count). The predicted molar refractivity (Wildman–Crippen MR) is 67.2 cm³/mol. The summed E-state index contributed by atoms with van der Waals surface area (Å²) in [6.45, 7) is 6.73. The lowest BCUT2D eigenvalue weighted by Gasteiger charge is -2.26. The summed E-state index contributed by atoms with van der Waals surface area (Å²) in [5, 5.41) is 6.88. The Kier molecular flexibility index (Phi) is 5.62. The molecule has 15 heavy (non-hydrogen) atoms. The first-order valence-electron chi connectivity index (χ1n) is 6.54. The van der Waals surface area contributed by atoms with Crippen LogP contribution in [0.3, 0.4) is 0 Å². The van der Waals surface area contributed by atoms with E-state index in [9.17, 15) is 0 Å². The molecule has 0 aromatic heterocycles. The van der Waals surface area contributed by atoms with Crippen molar-refractivity contribution >= 4 is 0 Å². The molecule has 0 aromatic carbocycles. The zero-order valence-electron chi connectivity index (χ0n) is 10.7. The van der Waals surface area contributed by atoms with E-state index in [1.165, 1.54) is 45.1 Å². The van der Waals surface area contributed by atoms with Crippen LogP contribution in [0.4, 0.5) is 0 Å². The van der Waals surface area contributed by atoms with Crippen LogP contribution in [0.1, 0.15) is 52.4 Å². The van der Waals surface area contributed by atoms with Gasteiger partial charge in [-0.2, -0.15) is 0 Å². The standard InChI is InChI=1S/C13H28N2/c1-13(2,14-3)11-15-10-9-12-7-5-4-6-8-12/h12,14-15H,4-11H2,1-3H3. The molecule has 0 atom stereocenters. The molecule has 2 nitrogen and oxygen atoms in total. The second-order valence-electron chi connectivity index (χ2n) is 5.60. The topological polar surface area (TPSA) is 24.1 Å². The molecule has 0 aliphatic heterocycles. The normalized spacial score (nSPS) is 19.4. The molecule has 0 bridgehead atoms. The van der Waals surface area contributed by atoms with Gasteiger partial charge in [-0.25, -0.2) is 0 Å². The lowest BCUT2D eigenvalue weighted by atomic mass is 9.87. The molecule has 0 heterocycles. The van der Waals surface area contributed by atoms with Gasteiger partial charge in [0.1, 0.15) is 0 Å². The zero-order chi connectivity index (χ0) is 11.1.